The summed E-state index contributed by atoms with van der Waals surface area (Å²) < 4.78 is 5.47. The predicted molar refractivity (Wildman–Crippen MR) is 57.3 cm³/mol. The van der Waals surface area contributed by atoms with E-state index in [4.69, 9.17) is 10.2 Å². The van der Waals surface area contributed by atoms with Crippen LogP contribution in [0.4, 0.5) is 0 Å². The van der Waals surface area contributed by atoms with Crippen LogP contribution >= 0.6 is 0 Å². The van der Waals surface area contributed by atoms with Crippen molar-refractivity contribution in [2.45, 2.75) is 18.9 Å². The van der Waals surface area contributed by atoms with Crippen molar-refractivity contribution in [1.29, 1.82) is 0 Å². The quantitative estimate of drug-likeness (QED) is 0.797. The first-order valence-electron chi connectivity index (χ1n) is 5.04. The lowest BCUT2D eigenvalue weighted by atomic mass is 10.1. The maximum atomic E-state index is 9.78. The SMILES string of the molecule is NCCCC(O)c1cc2ncccc2o1. The topological polar surface area (TPSA) is 72.3 Å². The van der Waals surface area contributed by atoms with E-state index in [0.29, 0.717) is 24.3 Å². The number of nitrogens with two attached hydrogens (primary N) is 1. The van der Waals surface area contributed by atoms with Crippen molar-refractivity contribution >= 4 is 11.1 Å². The second kappa shape index (κ2) is 4.42. The van der Waals surface area contributed by atoms with Gasteiger partial charge in [0.1, 0.15) is 17.4 Å². The molecule has 2 heterocycles. The normalized spacial score (nSPS) is 13.2. The van der Waals surface area contributed by atoms with Crippen LogP contribution < -0.4 is 5.73 Å². The second-order valence-electron chi connectivity index (χ2n) is 3.48. The Morgan fingerprint density at radius 2 is 2.40 bits per heavy atom. The first-order chi connectivity index (χ1) is 7.31. The molecule has 0 bridgehead atoms. The summed E-state index contributed by atoms with van der Waals surface area (Å²) in [5, 5.41) is 9.78. The number of aromatic nitrogens is 1. The highest BCUT2D eigenvalue weighted by Crippen LogP contribution is 2.24. The third-order valence-electron chi connectivity index (χ3n) is 2.32. The minimum Gasteiger partial charge on any atom is -0.457 e. The van der Waals surface area contributed by atoms with Gasteiger partial charge >= 0.3 is 0 Å². The zero-order valence-corrected chi connectivity index (χ0v) is 8.39. The molecule has 0 aliphatic rings. The molecule has 0 fully saturated rings. The Morgan fingerprint density at radius 3 is 3.13 bits per heavy atom. The van der Waals surface area contributed by atoms with E-state index in [1.54, 1.807) is 12.3 Å². The predicted octanol–water partition coefficient (Wildman–Crippen LogP) is 1.60. The van der Waals surface area contributed by atoms with E-state index in [1.165, 1.54) is 0 Å². The van der Waals surface area contributed by atoms with Crippen LogP contribution in [0.3, 0.4) is 0 Å². The monoisotopic (exact) mass is 206 g/mol. The van der Waals surface area contributed by atoms with Crippen LogP contribution in [0.1, 0.15) is 24.7 Å². The first kappa shape index (κ1) is 10.1. The van der Waals surface area contributed by atoms with Crippen molar-refractivity contribution in [3.05, 3.63) is 30.2 Å². The molecule has 2 rings (SSSR count). The van der Waals surface area contributed by atoms with Crippen molar-refractivity contribution in [2.24, 2.45) is 5.73 Å². The molecule has 2 aromatic rings. The largest absolute Gasteiger partial charge is 0.457 e. The molecule has 0 saturated carbocycles. The molecule has 3 N–H and O–H groups in total. The molecule has 0 saturated heterocycles. The van der Waals surface area contributed by atoms with Crippen molar-refractivity contribution in [3.8, 4) is 0 Å². The molecule has 0 aliphatic heterocycles. The van der Waals surface area contributed by atoms with E-state index in [9.17, 15) is 5.11 Å². The minimum absolute atomic E-state index is 0.567. The molecule has 15 heavy (non-hydrogen) atoms. The van der Waals surface area contributed by atoms with E-state index in [1.807, 2.05) is 12.1 Å². The highest BCUT2D eigenvalue weighted by molar-refractivity contribution is 5.72. The number of pyridine rings is 1. The van der Waals surface area contributed by atoms with Crippen LogP contribution in [0.25, 0.3) is 11.1 Å². The molecule has 4 heteroatoms. The average Bonchev–Trinajstić information content (AvgIpc) is 2.69. The first-order valence-corrected chi connectivity index (χ1v) is 5.04. The maximum Gasteiger partial charge on any atom is 0.152 e. The van der Waals surface area contributed by atoms with Gasteiger partial charge in [-0.15, -0.1) is 0 Å². The van der Waals surface area contributed by atoms with E-state index >= 15 is 0 Å². The highest BCUT2D eigenvalue weighted by atomic mass is 16.4. The molecule has 1 unspecified atom stereocenters. The van der Waals surface area contributed by atoms with Crippen molar-refractivity contribution in [3.63, 3.8) is 0 Å². The lowest BCUT2D eigenvalue weighted by molar-refractivity contribution is 0.141. The summed E-state index contributed by atoms with van der Waals surface area (Å²) in [4.78, 5) is 4.13. The van der Waals surface area contributed by atoms with E-state index in [0.717, 1.165) is 11.9 Å². The lowest BCUT2D eigenvalue weighted by Crippen LogP contribution is -2.02. The molecular formula is C11H14N2O2. The number of nitrogens with zero attached hydrogens (tertiary/aromatic N) is 1. The van der Waals surface area contributed by atoms with Gasteiger partial charge in [0.05, 0.1) is 0 Å². The smallest absolute Gasteiger partial charge is 0.152 e. The molecule has 1 atom stereocenters. The minimum atomic E-state index is -0.581. The van der Waals surface area contributed by atoms with Crippen molar-refractivity contribution < 1.29 is 9.52 Å². The van der Waals surface area contributed by atoms with Gasteiger partial charge in [0.15, 0.2) is 5.58 Å². The van der Waals surface area contributed by atoms with E-state index in [2.05, 4.69) is 4.98 Å². The summed E-state index contributed by atoms with van der Waals surface area (Å²) in [6, 6.07) is 5.42. The number of hydrogen-bond acceptors (Lipinski definition) is 4. The van der Waals surface area contributed by atoms with Gasteiger partial charge in [0.2, 0.25) is 0 Å². The Labute approximate surface area is 87.7 Å². The van der Waals surface area contributed by atoms with Gasteiger partial charge < -0.3 is 15.3 Å². The molecular weight excluding hydrogens is 192 g/mol. The van der Waals surface area contributed by atoms with Crippen LogP contribution in [0.15, 0.2) is 28.8 Å². The fraction of sp³-hybridized carbons (Fsp3) is 0.364. The summed E-state index contributed by atoms with van der Waals surface area (Å²) in [5.74, 6) is 0.567. The van der Waals surface area contributed by atoms with Gasteiger partial charge in [0, 0.05) is 12.3 Å². The van der Waals surface area contributed by atoms with Crippen LogP contribution in [0, 0.1) is 0 Å². The molecule has 80 valence electrons. The Kier molecular flexibility index (Phi) is 2.99. The fourth-order valence-corrected chi connectivity index (χ4v) is 1.51. The number of aliphatic hydroxyl groups excluding tert-OH is 1. The number of fused-ring (bicyclic) bond motifs is 1. The number of hydrogen-bond donors (Lipinski definition) is 2. The van der Waals surface area contributed by atoms with E-state index in [-0.39, 0.29) is 0 Å². The zero-order chi connectivity index (χ0) is 10.7. The Hall–Kier alpha value is -1.39. The Morgan fingerprint density at radius 1 is 1.53 bits per heavy atom. The average molecular weight is 206 g/mol. The highest BCUT2D eigenvalue weighted by Gasteiger charge is 2.12. The maximum absolute atomic E-state index is 9.78. The molecule has 4 nitrogen and oxygen atoms in total. The Bertz CT molecular complexity index is 406. The van der Waals surface area contributed by atoms with Gasteiger partial charge in [-0.3, -0.25) is 4.98 Å². The third kappa shape index (κ3) is 2.16. The van der Waals surface area contributed by atoms with Crippen LogP contribution in [-0.4, -0.2) is 16.6 Å². The number of furan rings is 1. The molecule has 0 aliphatic carbocycles. The number of aliphatic hydroxyl groups is 1. The van der Waals surface area contributed by atoms with Gasteiger partial charge in [-0.1, -0.05) is 0 Å². The molecule has 0 radical (unpaired) electrons. The van der Waals surface area contributed by atoms with Gasteiger partial charge in [-0.05, 0) is 31.5 Å². The van der Waals surface area contributed by atoms with Crippen molar-refractivity contribution in [2.75, 3.05) is 6.54 Å². The van der Waals surface area contributed by atoms with Crippen molar-refractivity contribution in [1.82, 2.24) is 4.98 Å². The van der Waals surface area contributed by atoms with Gasteiger partial charge in [-0.2, -0.15) is 0 Å². The third-order valence-corrected chi connectivity index (χ3v) is 2.32. The lowest BCUT2D eigenvalue weighted by Gasteiger charge is -2.04. The summed E-state index contributed by atoms with van der Waals surface area (Å²) in [7, 11) is 0. The fourth-order valence-electron chi connectivity index (χ4n) is 1.51. The van der Waals surface area contributed by atoms with E-state index < -0.39 is 6.10 Å². The molecule has 2 aromatic heterocycles. The summed E-state index contributed by atoms with van der Waals surface area (Å²) in [5.41, 5.74) is 6.86. The summed E-state index contributed by atoms with van der Waals surface area (Å²) >= 11 is 0. The van der Waals surface area contributed by atoms with Gasteiger partial charge in [0.25, 0.3) is 0 Å². The van der Waals surface area contributed by atoms with Crippen LogP contribution in [0.5, 0.6) is 0 Å². The molecule has 0 amide bonds. The standard InChI is InChI=1S/C11H14N2O2/c12-5-1-3-9(14)11-7-8-10(15-11)4-2-6-13-8/h2,4,6-7,9,14H,1,3,5,12H2. The summed E-state index contributed by atoms with van der Waals surface area (Å²) in [6.45, 7) is 0.579. The van der Waals surface area contributed by atoms with Crippen LogP contribution in [0.2, 0.25) is 0 Å². The Balaban J connectivity index is 2.20. The van der Waals surface area contributed by atoms with Gasteiger partial charge in [-0.25, -0.2) is 0 Å². The second-order valence-corrected chi connectivity index (χ2v) is 3.48. The molecule has 0 spiro atoms. The zero-order valence-electron chi connectivity index (χ0n) is 8.39. The number of rotatable bonds is 4. The summed E-state index contributed by atoms with van der Waals surface area (Å²) in [6.07, 6.45) is 2.53. The molecule has 0 aromatic carbocycles. The van der Waals surface area contributed by atoms with Crippen LogP contribution in [-0.2, 0) is 0 Å².